The van der Waals surface area contributed by atoms with Crippen molar-refractivity contribution in [2.24, 2.45) is 5.92 Å². The minimum atomic E-state index is 0.645. The molecule has 0 atom stereocenters. The highest BCUT2D eigenvalue weighted by molar-refractivity contribution is 5.82. The Balaban J connectivity index is 1.12. The maximum Gasteiger partial charge on any atom is 0.151 e. The molecule has 1 fully saturated rings. The second-order valence-electron chi connectivity index (χ2n) is 7.27. The number of aromatic amines is 1. The molecule has 2 N–H and O–H groups in total. The number of anilines is 1. The first-order valence-corrected chi connectivity index (χ1v) is 9.61. The fourth-order valence-corrected chi connectivity index (χ4v) is 3.75. The number of pyridine rings is 1. The van der Waals surface area contributed by atoms with E-state index < -0.39 is 0 Å². The smallest absolute Gasteiger partial charge is 0.151 e. The minimum Gasteiger partial charge on any atom is -0.361 e. The molecule has 0 saturated carbocycles. The highest BCUT2D eigenvalue weighted by Gasteiger charge is 2.27. The van der Waals surface area contributed by atoms with Crippen LogP contribution in [0.4, 0.5) is 5.82 Å². The van der Waals surface area contributed by atoms with Gasteiger partial charge in [-0.25, -0.2) is 0 Å². The first-order chi connectivity index (χ1) is 13.9. The predicted octanol–water partition coefficient (Wildman–Crippen LogP) is 3.25. The number of para-hydroxylation sites is 1. The van der Waals surface area contributed by atoms with Crippen LogP contribution in [0.15, 0.2) is 67.1 Å². The average Bonchev–Trinajstić information content (AvgIpc) is 3.14. The summed E-state index contributed by atoms with van der Waals surface area (Å²) < 4.78 is 0. The third-order valence-electron chi connectivity index (χ3n) is 5.33. The first-order valence-electron chi connectivity index (χ1n) is 9.61. The zero-order valence-electron chi connectivity index (χ0n) is 15.5. The third kappa shape index (κ3) is 3.34. The van der Waals surface area contributed by atoms with Crippen LogP contribution in [0.2, 0.25) is 0 Å². The zero-order valence-corrected chi connectivity index (χ0v) is 15.5. The Hall–Kier alpha value is -3.25. The molecule has 5 rings (SSSR count). The fraction of sp³-hybridized carbons (Fsp3) is 0.227. The van der Waals surface area contributed by atoms with Gasteiger partial charge >= 0.3 is 0 Å². The summed E-state index contributed by atoms with van der Waals surface area (Å²) in [5.41, 5.74) is 4.44. The Morgan fingerprint density at radius 1 is 1.00 bits per heavy atom. The topological polar surface area (TPSA) is 69.7 Å². The Morgan fingerprint density at radius 3 is 2.68 bits per heavy atom. The standard InChI is InChI=1S/C22H22N6/c1-2-4-21-19(3-1)18(13-25-21)12-24-11-16-14-28(15-16)22-6-5-20(26-27-22)17-7-9-23-10-8-17/h1-10,13,16,24-25H,11-12,14-15H2. The van der Waals surface area contributed by atoms with Crippen molar-refractivity contribution in [1.29, 1.82) is 0 Å². The average molecular weight is 370 g/mol. The number of fused-ring (bicyclic) bond motifs is 1. The summed E-state index contributed by atoms with van der Waals surface area (Å²) >= 11 is 0. The van der Waals surface area contributed by atoms with Crippen molar-refractivity contribution in [3.05, 3.63) is 72.7 Å². The summed E-state index contributed by atoms with van der Waals surface area (Å²) in [6.07, 6.45) is 5.65. The van der Waals surface area contributed by atoms with Gasteiger partial charge < -0.3 is 15.2 Å². The van der Waals surface area contributed by atoms with Crippen LogP contribution in [0.3, 0.4) is 0 Å². The van der Waals surface area contributed by atoms with E-state index in [2.05, 4.69) is 66.9 Å². The lowest BCUT2D eigenvalue weighted by atomic mass is 10.00. The van der Waals surface area contributed by atoms with Gasteiger partial charge in [0.15, 0.2) is 5.82 Å². The number of rotatable bonds is 6. The van der Waals surface area contributed by atoms with Crippen molar-refractivity contribution in [2.75, 3.05) is 24.5 Å². The van der Waals surface area contributed by atoms with Gasteiger partial charge in [-0.05, 0) is 35.9 Å². The molecule has 0 amide bonds. The molecule has 1 saturated heterocycles. The zero-order chi connectivity index (χ0) is 18.8. The molecule has 0 bridgehead atoms. The maximum absolute atomic E-state index is 4.40. The number of hydrogen-bond acceptors (Lipinski definition) is 5. The number of hydrogen-bond donors (Lipinski definition) is 2. The Kier molecular flexibility index (Phi) is 4.47. The van der Waals surface area contributed by atoms with Crippen molar-refractivity contribution in [3.8, 4) is 11.3 Å². The summed E-state index contributed by atoms with van der Waals surface area (Å²) in [7, 11) is 0. The number of benzene rings is 1. The molecule has 1 aromatic carbocycles. The van der Waals surface area contributed by atoms with Crippen LogP contribution in [-0.2, 0) is 6.54 Å². The van der Waals surface area contributed by atoms with Gasteiger partial charge in [-0.1, -0.05) is 18.2 Å². The molecule has 1 aliphatic heterocycles. The van der Waals surface area contributed by atoms with Gasteiger partial charge in [0.25, 0.3) is 0 Å². The molecular formula is C22H22N6. The Bertz CT molecular complexity index is 1050. The first kappa shape index (κ1) is 16.9. The van der Waals surface area contributed by atoms with Gasteiger partial charge in [0.1, 0.15) is 0 Å². The quantitative estimate of drug-likeness (QED) is 0.545. The number of nitrogens with zero attached hydrogens (tertiary/aromatic N) is 4. The monoisotopic (exact) mass is 370 g/mol. The van der Waals surface area contributed by atoms with Crippen molar-refractivity contribution in [2.45, 2.75) is 6.54 Å². The van der Waals surface area contributed by atoms with Crippen LogP contribution in [0.25, 0.3) is 22.2 Å². The summed E-state index contributed by atoms with van der Waals surface area (Å²) in [6.45, 7) is 3.94. The Labute approximate surface area is 163 Å². The van der Waals surface area contributed by atoms with Gasteiger partial charge in [0, 0.05) is 67.2 Å². The van der Waals surface area contributed by atoms with Gasteiger partial charge in [0.05, 0.1) is 5.69 Å². The van der Waals surface area contributed by atoms with Gasteiger partial charge in [-0.2, -0.15) is 0 Å². The van der Waals surface area contributed by atoms with E-state index in [-0.39, 0.29) is 0 Å². The largest absolute Gasteiger partial charge is 0.361 e. The van der Waals surface area contributed by atoms with Gasteiger partial charge in [-0.3, -0.25) is 4.98 Å². The molecule has 6 heteroatoms. The normalized spacial score (nSPS) is 14.4. The van der Waals surface area contributed by atoms with Crippen LogP contribution in [0.5, 0.6) is 0 Å². The van der Waals surface area contributed by atoms with Crippen molar-refractivity contribution >= 4 is 16.7 Å². The molecule has 0 radical (unpaired) electrons. The van der Waals surface area contributed by atoms with Gasteiger partial charge in [0.2, 0.25) is 0 Å². The molecule has 0 aliphatic carbocycles. The lowest BCUT2D eigenvalue weighted by molar-refractivity contribution is 0.382. The number of aromatic nitrogens is 4. The van der Waals surface area contributed by atoms with E-state index in [1.165, 1.54) is 16.5 Å². The van der Waals surface area contributed by atoms with Crippen LogP contribution >= 0.6 is 0 Å². The second-order valence-corrected chi connectivity index (χ2v) is 7.27. The molecule has 6 nitrogen and oxygen atoms in total. The molecule has 0 spiro atoms. The van der Waals surface area contributed by atoms with Crippen LogP contribution < -0.4 is 10.2 Å². The number of nitrogens with one attached hydrogen (secondary N) is 2. The summed E-state index contributed by atoms with van der Waals surface area (Å²) in [5.74, 6) is 1.59. The van der Waals surface area contributed by atoms with Crippen molar-refractivity contribution < 1.29 is 0 Å². The van der Waals surface area contributed by atoms with E-state index in [1.54, 1.807) is 12.4 Å². The van der Waals surface area contributed by atoms with Crippen LogP contribution in [0.1, 0.15) is 5.56 Å². The molecule has 0 unspecified atom stereocenters. The molecule has 3 aromatic heterocycles. The van der Waals surface area contributed by atoms with E-state index in [0.717, 1.165) is 43.3 Å². The summed E-state index contributed by atoms with van der Waals surface area (Å²) in [4.78, 5) is 9.65. The maximum atomic E-state index is 4.40. The van der Waals surface area contributed by atoms with E-state index in [0.29, 0.717) is 5.92 Å². The highest BCUT2D eigenvalue weighted by Crippen LogP contribution is 2.24. The molecule has 28 heavy (non-hydrogen) atoms. The molecule has 1 aliphatic rings. The van der Waals surface area contributed by atoms with E-state index >= 15 is 0 Å². The Morgan fingerprint density at radius 2 is 1.86 bits per heavy atom. The van der Waals surface area contributed by atoms with Crippen molar-refractivity contribution in [3.63, 3.8) is 0 Å². The van der Waals surface area contributed by atoms with Crippen LogP contribution in [0, 0.1) is 5.92 Å². The lowest BCUT2D eigenvalue weighted by Gasteiger charge is -2.40. The molecule has 4 aromatic rings. The van der Waals surface area contributed by atoms with Crippen molar-refractivity contribution in [1.82, 2.24) is 25.5 Å². The summed E-state index contributed by atoms with van der Waals surface area (Å²) in [6, 6.07) is 16.4. The molecule has 140 valence electrons. The van der Waals surface area contributed by atoms with Gasteiger partial charge in [-0.15, -0.1) is 10.2 Å². The fourth-order valence-electron chi connectivity index (χ4n) is 3.75. The molecular weight excluding hydrogens is 348 g/mol. The SMILES string of the molecule is c1ccc2c(CNCC3CN(c4ccc(-c5ccncc5)nn4)C3)c[nH]c2c1. The van der Waals surface area contributed by atoms with E-state index in [1.807, 2.05) is 18.2 Å². The third-order valence-corrected chi connectivity index (χ3v) is 5.33. The summed E-state index contributed by atoms with van der Waals surface area (Å²) in [5, 5.41) is 13.7. The van der Waals surface area contributed by atoms with E-state index in [9.17, 15) is 0 Å². The highest BCUT2D eigenvalue weighted by atomic mass is 15.3. The predicted molar refractivity (Wildman–Crippen MR) is 111 cm³/mol. The second kappa shape index (κ2) is 7.40. The minimum absolute atomic E-state index is 0.645. The number of H-pyrrole nitrogens is 1. The van der Waals surface area contributed by atoms with Crippen LogP contribution in [-0.4, -0.2) is 39.8 Å². The van der Waals surface area contributed by atoms with E-state index in [4.69, 9.17) is 0 Å². The molecule has 4 heterocycles. The lowest BCUT2D eigenvalue weighted by Crippen LogP contribution is -2.51.